The van der Waals surface area contributed by atoms with Crippen LogP contribution in [0.15, 0.2) is 42.6 Å². The molecule has 0 bridgehead atoms. The molecule has 0 radical (unpaired) electrons. The van der Waals surface area contributed by atoms with Crippen molar-refractivity contribution in [2.75, 3.05) is 5.32 Å². The summed E-state index contributed by atoms with van der Waals surface area (Å²) in [6, 6.07) is 13.9. The quantitative estimate of drug-likeness (QED) is 0.506. The molecule has 0 unspecified atom stereocenters. The van der Waals surface area contributed by atoms with Gasteiger partial charge >= 0.3 is 11.6 Å². The lowest BCUT2D eigenvalue weighted by atomic mass is 10.1. The summed E-state index contributed by atoms with van der Waals surface area (Å²) < 4.78 is 5.76. The van der Waals surface area contributed by atoms with Crippen LogP contribution in [0.3, 0.4) is 0 Å². The highest BCUT2D eigenvalue weighted by molar-refractivity contribution is 5.57. The van der Waals surface area contributed by atoms with Crippen LogP contribution in [0, 0.1) is 46.6 Å². The van der Waals surface area contributed by atoms with Gasteiger partial charge in [-0.25, -0.2) is 4.98 Å². The van der Waals surface area contributed by atoms with Gasteiger partial charge in [-0.05, 0) is 61.4 Å². The van der Waals surface area contributed by atoms with E-state index in [9.17, 15) is 10.1 Å². The van der Waals surface area contributed by atoms with E-state index in [-0.39, 0.29) is 11.8 Å². The molecule has 142 valence electrons. The van der Waals surface area contributed by atoms with Crippen LogP contribution < -0.4 is 10.1 Å². The van der Waals surface area contributed by atoms with Gasteiger partial charge in [0.15, 0.2) is 0 Å². The molecule has 1 N–H and O–H groups in total. The Bertz CT molecular complexity index is 1150. The first-order valence-electron chi connectivity index (χ1n) is 8.39. The molecule has 0 aliphatic heterocycles. The summed E-state index contributed by atoms with van der Waals surface area (Å²) in [5, 5.41) is 32.2. The molecule has 1 aromatic heterocycles. The van der Waals surface area contributed by atoms with Crippen LogP contribution >= 0.6 is 0 Å². The number of hydrogen-bond donors (Lipinski definition) is 1. The Morgan fingerprint density at radius 3 is 2.24 bits per heavy atom. The van der Waals surface area contributed by atoms with Crippen molar-refractivity contribution in [1.29, 1.82) is 10.5 Å². The van der Waals surface area contributed by atoms with E-state index in [1.54, 1.807) is 50.2 Å². The number of rotatable bonds is 5. The number of nitro groups is 1. The van der Waals surface area contributed by atoms with Crippen molar-refractivity contribution in [3.63, 3.8) is 0 Å². The van der Waals surface area contributed by atoms with E-state index in [4.69, 9.17) is 15.3 Å². The molecule has 1 heterocycles. The molecule has 0 spiro atoms. The number of benzene rings is 2. The Morgan fingerprint density at radius 1 is 1.07 bits per heavy atom. The van der Waals surface area contributed by atoms with Crippen LogP contribution in [0.25, 0.3) is 0 Å². The average molecular weight is 386 g/mol. The van der Waals surface area contributed by atoms with Gasteiger partial charge in [0.25, 0.3) is 0 Å². The van der Waals surface area contributed by atoms with E-state index >= 15 is 0 Å². The Hall–Kier alpha value is -4.50. The van der Waals surface area contributed by atoms with Crippen LogP contribution in [0.5, 0.6) is 11.6 Å². The van der Waals surface area contributed by atoms with E-state index in [0.29, 0.717) is 33.7 Å². The Kier molecular flexibility index (Phi) is 5.33. The molecule has 3 aromatic rings. The largest absolute Gasteiger partial charge is 0.433 e. The second kappa shape index (κ2) is 8.03. The maximum Gasteiger partial charge on any atom is 0.349 e. The summed E-state index contributed by atoms with van der Waals surface area (Å²) in [6.07, 6.45) is 1.06. The molecule has 29 heavy (non-hydrogen) atoms. The third-order valence-corrected chi connectivity index (χ3v) is 3.99. The second-order valence-corrected chi connectivity index (χ2v) is 6.11. The van der Waals surface area contributed by atoms with Crippen LogP contribution in [0.2, 0.25) is 0 Å². The minimum absolute atomic E-state index is 0.0965. The van der Waals surface area contributed by atoms with E-state index in [1.807, 2.05) is 6.07 Å². The molecule has 9 nitrogen and oxygen atoms in total. The standard InChI is InChI=1S/C20H14N6O3/c1-12-7-15(10-22)8-13(2)18(12)29-19-17(26(27)28)11-23-20(25-19)24-16-5-3-14(9-21)4-6-16/h3-8,11H,1-2H3,(H,23,24,25). The van der Waals surface area contributed by atoms with Gasteiger partial charge in [0.2, 0.25) is 5.95 Å². The highest BCUT2D eigenvalue weighted by atomic mass is 16.6. The average Bonchev–Trinajstić information content (AvgIpc) is 2.71. The van der Waals surface area contributed by atoms with Crippen LogP contribution in [0.1, 0.15) is 22.3 Å². The lowest BCUT2D eigenvalue weighted by molar-refractivity contribution is -0.386. The molecule has 0 aliphatic rings. The molecule has 0 saturated carbocycles. The number of nitrogens with one attached hydrogen (secondary N) is 1. The summed E-state index contributed by atoms with van der Waals surface area (Å²) >= 11 is 0. The van der Waals surface area contributed by atoms with Gasteiger partial charge in [0.05, 0.1) is 28.2 Å². The molecule has 0 amide bonds. The van der Waals surface area contributed by atoms with Gasteiger partial charge in [0.1, 0.15) is 11.9 Å². The van der Waals surface area contributed by atoms with E-state index < -0.39 is 10.6 Å². The van der Waals surface area contributed by atoms with Crippen molar-refractivity contribution in [3.8, 4) is 23.8 Å². The molecule has 0 atom stereocenters. The highest BCUT2D eigenvalue weighted by Gasteiger charge is 2.21. The molecule has 3 rings (SSSR count). The summed E-state index contributed by atoms with van der Waals surface area (Å²) in [7, 11) is 0. The van der Waals surface area contributed by atoms with Crippen LogP contribution in [0.4, 0.5) is 17.3 Å². The molecule has 2 aromatic carbocycles. The molecular formula is C20H14N6O3. The number of nitriles is 2. The fourth-order valence-electron chi connectivity index (χ4n) is 2.65. The van der Waals surface area contributed by atoms with Crippen LogP contribution in [-0.4, -0.2) is 14.9 Å². The van der Waals surface area contributed by atoms with Crippen molar-refractivity contribution in [1.82, 2.24) is 9.97 Å². The molecular weight excluding hydrogens is 372 g/mol. The predicted octanol–water partition coefficient (Wildman–Crippen LogP) is 4.28. The van der Waals surface area contributed by atoms with Gasteiger partial charge in [-0.3, -0.25) is 10.1 Å². The van der Waals surface area contributed by atoms with E-state index in [2.05, 4.69) is 21.4 Å². The summed E-state index contributed by atoms with van der Waals surface area (Å²) in [6.45, 7) is 3.48. The lowest BCUT2D eigenvalue weighted by Crippen LogP contribution is -2.03. The zero-order valence-corrected chi connectivity index (χ0v) is 15.5. The monoisotopic (exact) mass is 386 g/mol. The Balaban J connectivity index is 1.97. The molecule has 0 saturated heterocycles. The Morgan fingerprint density at radius 2 is 1.69 bits per heavy atom. The first-order valence-corrected chi connectivity index (χ1v) is 8.39. The molecule has 0 aliphatic carbocycles. The number of anilines is 2. The number of nitrogens with zero attached hydrogens (tertiary/aromatic N) is 5. The zero-order valence-electron chi connectivity index (χ0n) is 15.5. The van der Waals surface area contributed by atoms with Gasteiger partial charge in [-0.2, -0.15) is 15.5 Å². The minimum Gasteiger partial charge on any atom is -0.433 e. The summed E-state index contributed by atoms with van der Waals surface area (Å²) in [5.74, 6) is 0.256. The fraction of sp³-hybridized carbons (Fsp3) is 0.100. The first-order chi connectivity index (χ1) is 13.9. The maximum atomic E-state index is 11.4. The lowest BCUT2D eigenvalue weighted by Gasteiger charge is -2.12. The fourth-order valence-corrected chi connectivity index (χ4v) is 2.65. The van der Waals surface area contributed by atoms with Crippen molar-refractivity contribution in [3.05, 3.63) is 75.0 Å². The van der Waals surface area contributed by atoms with Crippen molar-refractivity contribution >= 4 is 17.3 Å². The molecule has 0 fully saturated rings. The molecule has 9 heteroatoms. The van der Waals surface area contributed by atoms with Gasteiger partial charge in [-0.1, -0.05) is 0 Å². The number of aromatic nitrogens is 2. The van der Waals surface area contributed by atoms with Crippen molar-refractivity contribution in [2.45, 2.75) is 13.8 Å². The topological polar surface area (TPSA) is 138 Å². The SMILES string of the molecule is Cc1cc(C#N)cc(C)c1Oc1nc(Nc2ccc(C#N)cc2)ncc1[N+](=O)[O-]. The van der Waals surface area contributed by atoms with Gasteiger partial charge in [0, 0.05) is 5.69 Å². The van der Waals surface area contributed by atoms with Gasteiger partial charge in [-0.15, -0.1) is 0 Å². The van der Waals surface area contributed by atoms with Gasteiger partial charge < -0.3 is 10.1 Å². The number of aryl methyl sites for hydroxylation is 2. The van der Waals surface area contributed by atoms with E-state index in [1.165, 1.54) is 0 Å². The third kappa shape index (κ3) is 4.26. The first kappa shape index (κ1) is 19.3. The summed E-state index contributed by atoms with van der Waals surface area (Å²) in [5.41, 5.74) is 2.48. The number of hydrogen-bond acceptors (Lipinski definition) is 8. The van der Waals surface area contributed by atoms with Crippen molar-refractivity contribution < 1.29 is 9.66 Å². The normalized spacial score (nSPS) is 9.93. The predicted molar refractivity (Wildman–Crippen MR) is 104 cm³/mol. The third-order valence-electron chi connectivity index (χ3n) is 3.99. The maximum absolute atomic E-state index is 11.4. The highest BCUT2D eigenvalue weighted by Crippen LogP contribution is 2.34. The van der Waals surface area contributed by atoms with Crippen LogP contribution in [-0.2, 0) is 0 Å². The minimum atomic E-state index is -0.630. The summed E-state index contributed by atoms with van der Waals surface area (Å²) in [4.78, 5) is 18.8. The zero-order chi connectivity index (χ0) is 21.0. The second-order valence-electron chi connectivity index (χ2n) is 6.11. The Labute approximate surface area is 166 Å². The van der Waals surface area contributed by atoms with E-state index in [0.717, 1.165) is 6.20 Å². The van der Waals surface area contributed by atoms with Crippen molar-refractivity contribution in [2.24, 2.45) is 0 Å². The number of ether oxygens (including phenoxy) is 1. The smallest absolute Gasteiger partial charge is 0.349 e.